The molecule has 1 aliphatic rings. The van der Waals surface area contributed by atoms with Gasteiger partial charge < -0.3 is 10.8 Å². The van der Waals surface area contributed by atoms with Crippen molar-refractivity contribution in [3.63, 3.8) is 0 Å². The van der Waals surface area contributed by atoms with E-state index in [1.807, 2.05) is 0 Å². The van der Waals surface area contributed by atoms with Crippen LogP contribution in [-0.4, -0.2) is 18.3 Å². The van der Waals surface area contributed by atoms with Crippen molar-refractivity contribution in [3.8, 4) is 0 Å². The van der Waals surface area contributed by atoms with Crippen LogP contribution >= 0.6 is 0 Å². The summed E-state index contributed by atoms with van der Waals surface area (Å²) < 4.78 is 0. The van der Waals surface area contributed by atoms with Crippen LogP contribution in [0.25, 0.3) is 0 Å². The minimum Gasteiger partial charge on any atom is -0.396 e. The molecule has 3 unspecified atom stereocenters. The molecule has 3 atom stereocenters. The molecule has 0 heterocycles. The largest absolute Gasteiger partial charge is 0.396 e. The third kappa shape index (κ3) is 1.42. The van der Waals surface area contributed by atoms with Crippen LogP contribution in [0.4, 0.5) is 0 Å². The summed E-state index contributed by atoms with van der Waals surface area (Å²) in [5, 5.41) is 9.09. The van der Waals surface area contributed by atoms with Crippen molar-refractivity contribution < 1.29 is 5.11 Å². The number of nitrogens with two attached hydrogens (primary N) is 1. The Labute approximate surface area is 68.8 Å². The molecule has 1 fully saturated rings. The van der Waals surface area contributed by atoms with Crippen LogP contribution in [0.2, 0.25) is 0 Å². The molecule has 0 aliphatic heterocycles. The normalized spacial score (nSPS) is 38.7. The molecule has 1 aliphatic carbocycles. The Morgan fingerprint density at radius 2 is 2.36 bits per heavy atom. The van der Waals surface area contributed by atoms with E-state index >= 15 is 0 Å². The minimum atomic E-state index is 0.107. The van der Waals surface area contributed by atoms with Gasteiger partial charge in [0.2, 0.25) is 0 Å². The number of hydrogen-bond donors (Lipinski definition) is 2. The van der Waals surface area contributed by atoms with Gasteiger partial charge in [-0.05, 0) is 18.3 Å². The molecule has 0 saturated heterocycles. The summed E-state index contributed by atoms with van der Waals surface area (Å²) in [7, 11) is 0. The Kier molecular flexibility index (Phi) is 2.55. The van der Waals surface area contributed by atoms with Crippen LogP contribution < -0.4 is 5.73 Å². The maximum atomic E-state index is 9.09. The average molecular weight is 157 g/mol. The summed E-state index contributed by atoms with van der Waals surface area (Å²) in [6.07, 6.45) is 2.33. The lowest BCUT2D eigenvalue weighted by atomic mass is 9.95. The molecule has 0 amide bonds. The molecular formula is C9H19NO. The molecule has 0 aromatic heterocycles. The van der Waals surface area contributed by atoms with Gasteiger partial charge in [0, 0.05) is 12.0 Å². The van der Waals surface area contributed by atoms with Crippen molar-refractivity contribution in [2.24, 2.45) is 23.0 Å². The highest BCUT2D eigenvalue weighted by atomic mass is 16.3. The first-order chi connectivity index (χ1) is 5.20. The summed E-state index contributed by atoms with van der Waals surface area (Å²) in [6.45, 7) is 5.37. The standard InChI is InChI=1S/C9H19NO/c1-3-7(2)8-4-9(8,5-10)6-11/h7-8,11H,3-6,10H2,1-2H3. The number of rotatable bonds is 4. The second-order valence-electron chi connectivity index (χ2n) is 3.92. The Bertz CT molecular complexity index is 132. The van der Waals surface area contributed by atoms with Gasteiger partial charge in [0.05, 0.1) is 6.61 Å². The van der Waals surface area contributed by atoms with Gasteiger partial charge in [0.15, 0.2) is 0 Å². The van der Waals surface area contributed by atoms with Crippen LogP contribution in [0.3, 0.4) is 0 Å². The van der Waals surface area contributed by atoms with Gasteiger partial charge in [-0.3, -0.25) is 0 Å². The first-order valence-electron chi connectivity index (χ1n) is 4.51. The summed E-state index contributed by atoms with van der Waals surface area (Å²) in [5.74, 6) is 1.41. The highest BCUT2D eigenvalue weighted by Gasteiger charge is 2.54. The van der Waals surface area contributed by atoms with E-state index in [1.54, 1.807) is 0 Å². The predicted octanol–water partition coefficient (Wildman–Crippen LogP) is 0.990. The fourth-order valence-electron chi connectivity index (χ4n) is 1.95. The summed E-state index contributed by atoms with van der Waals surface area (Å²) in [6, 6.07) is 0. The van der Waals surface area contributed by atoms with E-state index in [0.29, 0.717) is 12.5 Å². The van der Waals surface area contributed by atoms with Gasteiger partial charge in [-0.25, -0.2) is 0 Å². The molecule has 0 aromatic rings. The highest BCUT2D eigenvalue weighted by molar-refractivity contribution is 5.04. The van der Waals surface area contributed by atoms with E-state index in [4.69, 9.17) is 10.8 Å². The fraction of sp³-hybridized carbons (Fsp3) is 1.00. The lowest BCUT2D eigenvalue weighted by molar-refractivity contribution is 0.191. The molecule has 3 N–H and O–H groups in total. The molecule has 66 valence electrons. The van der Waals surface area contributed by atoms with Crippen LogP contribution in [0.15, 0.2) is 0 Å². The van der Waals surface area contributed by atoms with Crippen LogP contribution in [0, 0.1) is 17.3 Å². The first kappa shape index (κ1) is 9.01. The first-order valence-corrected chi connectivity index (χ1v) is 4.51. The second-order valence-corrected chi connectivity index (χ2v) is 3.92. The highest BCUT2D eigenvalue weighted by Crippen LogP contribution is 2.56. The molecule has 0 spiro atoms. The molecule has 1 rings (SSSR count). The van der Waals surface area contributed by atoms with Gasteiger partial charge in [-0.15, -0.1) is 0 Å². The molecule has 0 radical (unpaired) electrons. The molecule has 11 heavy (non-hydrogen) atoms. The fourth-order valence-corrected chi connectivity index (χ4v) is 1.95. The summed E-state index contributed by atoms with van der Waals surface area (Å²) in [5.41, 5.74) is 5.71. The number of aliphatic hydroxyl groups is 1. The van der Waals surface area contributed by atoms with Crippen molar-refractivity contribution >= 4 is 0 Å². The Balaban J connectivity index is 2.43. The molecule has 0 bridgehead atoms. The Morgan fingerprint density at radius 1 is 1.73 bits per heavy atom. The van der Waals surface area contributed by atoms with Crippen molar-refractivity contribution in [2.45, 2.75) is 26.7 Å². The molecular weight excluding hydrogens is 138 g/mol. The summed E-state index contributed by atoms with van der Waals surface area (Å²) in [4.78, 5) is 0. The van der Waals surface area contributed by atoms with Gasteiger partial charge in [0.1, 0.15) is 0 Å². The Morgan fingerprint density at radius 3 is 2.64 bits per heavy atom. The zero-order valence-corrected chi connectivity index (χ0v) is 7.51. The van der Waals surface area contributed by atoms with E-state index in [1.165, 1.54) is 6.42 Å². The molecule has 2 heteroatoms. The lowest BCUT2D eigenvalue weighted by Crippen LogP contribution is -2.23. The third-order valence-electron chi connectivity index (χ3n) is 3.31. The van der Waals surface area contributed by atoms with Crippen LogP contribution in [0.5, 0.6) is 0 Å². The smallest absolute Gasteiger partial charge is 0.0502 e. The molecule has 1 saturated carbocycles. The van der Waals surface area contributed by atoms with Crippen molar-refractivity contribution in [3.05, 3.63) is 0 Å². The van der Waals surface area contributed by atoms with E-state index in [-0.39, 0.29) is 12.0 Å². The van der Waals surface area contributed by atoms with E-state index in [0.717, 1.165) is 12.3 Å². The van der Waals surface area contributed by atoms with Gasteiger partial charge >= 0.3 is 0 Å². The average Bonchev–Trinajstić information content (AvgIpc) is 2.78. The third-order valence-corrected chi connectivity index (χ3v) is 3.31. The monoisotopic (exact) mass is 157 g/mol. The van der Waals surface area contributed by atoms with Crippen LogP contribution in [-0.2, 0) is 0 Å². The Hall–Kier alpha value is -0.0800. The zero-order valence-electron chi connectivity index (χ0n) is 7.51. The number of aliphatic hydroxyl groups excluding tert-OH is 1. The maximum Gasteiger partial charge on any atom is 0.0502 e. The van der Waals surface area contributed by atoms with Crippen LogP contribution in [0.1, 0.15) is 26.7 Å². The van der Waals surface area contributed by atoms with Crippen molar-refractivity contribution in [1.82, 2.24) is 0 Å². The predicted molar refractivity (Wildman–Crippen MR) is 46.1 cm³/mol. The zero-order chi connectivity index (χ0) is 8.48. The number of hydrogen-bond acceptors (Lipinski definition) is 2. The topological polar surface area (TPSA) is 46.2 Å². The van der Waals surface area contributed by atoms with E-state index in [9.17, 15) is 0 Å². The summed E-state index contributed by atoms with van der Waals surface area (Å²) >= 11 is 0. The maximum absolute atomic E-state index is 9.09. The van der Waals surface area contributed by atoms with Gasteiger partial charge in [-0.2, -0.15) is 0 Å². The van der Waals surface area contributed by atoms with Crippen molar-refractivity contribution in [1.29, 1.82) is 0 Å². The van der Waals surface area contributed by atoms with E-state index in [2.05, 4.69) is 13.8 Å². The van der Waals surface area contributed by atoms with Crippen molar-refractivity contribution in [2.75, 3.05) is 13.2 Å². The van der Waals surface area contributed by atoms with Gasteiger partial charge in [0.25, 0.3) is 0 Å². The minimum absolute atomic E-state index is 0.107. The molecule has 2 nitrogen and oxygen atoms in total. The lowest BCUT2D eigenvalue weighted by Gasteiger charge is -2.14. The molecule has 0 aromatic carbocycles. The SMILES string of the molecule is CCC(C)C1CC1(CN)CO. The second kappa shape index (κ2) is 3.11. The quantitative estimate of drug-likeness (QED) is 0.639. The van der Waals surface area contributed by atoms with E-state index < -0.39 is 0 Å². The van der Waals surface area contributed by atoms with Gasteiger partial charge in [-0.1, -0.05) is 20.3 Å².